The van der Waals surface area contributed by atoms with Crippen molar-refractivity contribution in [2.24, 2.45) is 0 Å². The van der Waals surface area contributed by atoms with Crippen LogP contribution in [0.5, 0.6) is 0 Å². The predicted molar refractivity (Wildman–Crippen MR) is 136 cm³/mol. The van der Waals surface area contributed by atoms with Crippen molar-refractivity contribution in [3.63, 3.8) is 0 Å². The van der Waals surface area contributed by atoms with Crippen LogP contribution in [0, 0.1) is 11.5 Å². The van der Waals surface area contributed by atoms with Crippen LogP contribution < -0.4 is 10.2 Å². The predicted octanol–water partition coefficient (Wildman–Crippen LogP) is 5.84. The zero-order valence-electron chi connectivity index (χ0n) is 22.3. The summed E-state index contributed by atoms with van der Waals surface area (Å²) in [7, 11) is 0. The van der Waals surface area contributed by atoms with E-state index in [1.165, 1.54) is 29.4 Å². The fraction of sp³-hybridized carbons (Fsp3) is 0.500. The molecule has 1 aromatic heterocycles. The van der Waals surface area contributed by atoms with Crippen LogP contribution in [-0.4, -0.2) is 52.7 Å². The Balaban J connectivity index is 1.83. The van der Waals surface area contributed by atoms with Gasteiger partial charge in [-0.3, -0.25) is 24.4 Å². The molecule has 1 saturated carbocycles. The van der Waals surface area contributed by atoms with Crippen LogP contribution in [-0.2, 0) is 15.3 Å². The molecule has 2 unspecified atom stereocenters. The van der Waals surface area contributed by atoms with Crippen molar-refractivity contribution in [2.45, 2.75) is 81.1 Å². The Labute approximate surface area is 237 Å². The molecule has 2 atom stereocenters. The molecule has 226 valence electrons. The zero-order valence-corrected chi connectivity index (χ0v) is 22.3. The van der Waals surface area contributed by atoms with Gasteiger partial charge in [0.2, 0.25) is 5.91 Å². The summed E-state index contributed by atoms with van der Waals surface area (Å²) in [5.74, 6) is -1.41. The fourth-order valence-corrected chi connectivity index (χ4v) is 5.53. The number of nitrogens with one attached hydrogen (secondary N) is 1. The Morgan fingerprint density at radius 1 is 0.952 bits per heavy atom. The summed E-state index contributed by atoms with van der Waals surface area (Å²) < 4.78 is 95.0. The number of carbonyl (C=O) groups is 2. The molecule has 1 saturated heterocycles. The summed E-state index contributed by atoms with van der Waals surface area (Å²) in [4.78, 5) is 34.0. The first-order chi connectivity index (χ1) is 19.8. The number of alkyl halides is 7. The van der Waals surface area contributed by atoms with Gasteiger partial charge in [-0.2, -0.15) is 31.6 Å². The van der Waals surface area contributed by atoms with Crippen LogP contribution in [0.3, 0.4) is 0 Å². The first-order valence-electron chi connectivity index (χ1n) is 13.4. The maximum Gasteiger partial charge on any atom is 0.435 e. The second-order valence-electron chi connectivity index (χ2n) is 10.4. The SMILES string of the molecule is N#CN1CCCC1C(=O)N(c1ccc(C(F)(C(F)(F)F)C(F)(F)F)cc1)C(C(=O)NC1CCCCC1)c1cccnc1. The van der Waals surface area contributed by atoms with Gasteiger partial charge in [-0.05, 0) is 43.9 Å². The van der Waals surface area contributed by atoms with Gasteiger partial charge in [0.15, 0.2) is 6.19 Å². The van der Waals surface area contributed by atoms with Crippen LogP contribution in [0.1, 0.15) is 62.1 Å². The number of amides is 2. The number of pyridine rings is 1. The van der Waals surface area contributed by atoms with Crippen LogP contribution in [0.25, 0.3) is 0 Å². The summed E-state index contributed by atoms with van der Waals surface area (Å²) in [5.41, 5.74) is -7.44. The van der Waals surface area contributed by atoms with Crippen molar-refractivity contribution in [1.82, 2.24) is 15.2 Å². The number of nitriles is 1. The molecule has 1 aliphatic heterocycles. The molecular formula is C28H28F7N5O2. The van der Waals surface area contributed by atoms with Gasteiger partial charge < -0.3 is 5.32 Å². The number of anilines is 1. The smallest absolute Gasteiger partial charge is 0.351 e. The zero-order chi connectivity index (χ0) is 30.7. The van der Waals surface area contributed by atoms with Gasteiger partial charge in [0.25, 0.3) is 5.91 Å². The standard InChI is InChI=1S/C28H28F7N5O2/c29-26(27(30,31)32,28(33,34)35)19-10-12-21(13-11-19)40(25(42)22-9-5-15-39(22)17-36)23(18-6-4-14-37-16-18)24(41)38-20-7-2-1-3-8-20/h4,6,10-14,16,20,22-23H,1-3,5,7-9,15H2,(H,38,41). The number of aromatic nitrogens is 1. The molecule has 0 spiro atoms. The van der Waals surface area contributed by atoms with E-state index in [4.69, 9.17) is 0 Å². The minimum atomic E-state index is -6.32. The van der Waals surface area contributed by atoms with Gasteiger partial charge in [0, 0.05) is 41.8 Å². The van der Waals surface area contributed by atoms with Crippen LogP contribution in [0.4, 0.5) is 36.4 Å². The Morgan fingerprint density at radius 2 is 1.60 bits per heavy atom. The van der Waals surface area contributed by atoms with Crippen molar-refractivity contribution >= 4 is 17.5 Å². The molecule has 2 aliphatic rings. The third-order valence-corrected chi connectivity index (χ3v) is 7.69. The molecular weight excluding hydrogens is 571 g/mol. The lowest BCUT2D eigenvalue weighted by atomic mass is 9.93. The van der Waals surface area contributed by atoms with Crippen LogP contribution in [0.2, 0.25) is 0 Å². The number of rotatable bonds is 7. The second-order valence-corrected chi connectivity index (χ2v) is 10.4. The molecule has 4 rings (SSSR count). The molecule has 7 nitrogen and oxygen atoms in total. The minimum Gasteiger partial charge on any atom is -0.351 e. The lowest BCUT2D eigenvalue weighted by molar-refractivity contribution is -0.348. The number of carbonyl (C=O) groups excluding carboxylic acids is 2. The maximum absolute atomic E-state index is 14.7. The fourth-order valence-electron chi connectivity index (χ4n) is 5.53. The van der Waals surface area contributed by atoms with E-state index in [-0.39, 0.29) is 30.3 Å². The molecule has 0 bridgehead atoms. The third kappa shape index (κ3) is 6.00. The first kappa shape index (κ1) is 31.1. The second kappa shape index (κ2) is 12.1. The number of halogens is 7. The molecule has 2 aromatic rings. The van der Waals surface area contributed by atoms with Gasteiger partial charge in [0.05, 0.1) is 0 Å². The number of benzene rings is 1. The van der Waals surface area contributed by atoms with Gasteiger partial charge in [-0.15, -0.1) is 0 Å². The van der Waals surface area contributed by atoms with Gasteiger partial charge in [-0.25, -0.2) is 4.39 Å². The van der Waals surface area contributed by atoms with Crippen molar-refractivity contribution in [2.75, 3.05) is 11.4 Å². The molecule has 2 amide bonds. The average Bonchev–Trinajstić information content (AvgIpc) is 3.44. The molecule has 1 N–H and O–H groups in total. The molecule has 42 heavy (non-hydrogen) atoms. The quantitative estimate of drug-likeness (QED) is 0.319. The van der Waals surface area contributed by atoms with E-state index in [9.17, 15) is 45.6 Å². The van der Waals surface area contributed by atoms with E-state index in [1.54, 1.807) is 0 Å². The Morgan fingerprint density at radius 3 is 2.14 bits per heavy atom. The minimum absolute atomic E-state index is 0.211. The molecule has 2 heterocycles. The van der Waals surface area contributed by atoms with Gasteiger partial charge >= 0.3 is 18.0 Å². The normalized spacial score (nSPS) is 19.2. The Kier molecular flexibility index (Phi) is 8.98. The maximum atomic E-state index is 14.7. The van der Waals surface area contributed by atoms with Gasteiger partial charge in [0.1, 0.15) is 12.1 Å². The number of hydrogen-bond acceptors (Lipinski definition) is 5. The summed E-state index contributed by atoms with van der Waals surface area (Å²) in [6.45, 7) is 0.243. The molecule has 1 aromatic carbocycles. The third-order valence-electron chi connectivity index (χ3n) is 7.69. The molecule has 2 fully saturated rings. The van der Waals surface area contributed by atoms with Crippen molar-refractivity contribution in [3.05, 3.63) is 59.9 Å². The monoisotopic (exact) mass is 599 g/mol. The summed E-state index contributed by atoms with van der Waals surface area (Å²) in [5, 5.41) is 12.5. The Hall–Kier alpha value is -3.89. The topological polar surface area (TPSA) is 89.3 Å². The molecule has 14 heteroatoms. The van der Waals surface area contributed by atoms with Crippen molar-refractivity contribution in [1.29, 1.82) is 5.26 Å². The molecule has 1 aliphatic carbocycles. The molecule has 0 radical (unpaired) electrons. The lowest BCUT2D eigenvalue weighted by Gasteiger charge is -2.36. The van der Waals surface area contributed by atoms with Crippen LogP contribution in [0.15, 0.2) is 48.8 Å². The van der Waals surface area contributed by atoms with Crippen molar-refractivity contribution < 1.29 is 40.3 Å². The number of nitrogens with zero attached hydrogens (tertiary/aromatic N) is 4. The highest BCUT2D eigenvalue weighted by Crippen LogP contribution is 2.53. The number of hydrogen-bond donors (Lipinski definition) is 1. The first-order valence-corrected chi connectivity index (χ1v) is 13.4. The Bertz CT molecular complexity index is 1270. The van der Waals surface area contributed by atoms with E-state index in [2.05, 4.69) is 10.3 Å². The van der Waals surface area contributed by atoms with Crippen molar-refractivity contribution in [3.8, 4) is 6.19 Å². The average molecular weight is 600 g/mol. The van der Waals surface area contributed by atoms with E-state index in [0.29, 0.717) is 31.4 Å². The lowest BCUT2D eigenvalue weighted by Crippen LogP contribution is -2.52. The van der Waals surface area contributed by atoms with E-state index < -0.39 is 47.5 Å². The highest BCUT2D eigenvalue weighted by molar-refractivity contribution is 6.04. The highest BCUT2D eigenvalue weighted by atomic mass is 19.4. The number of likely N-dealkylation sites (tertiary alicyclic amines) is 1. The van der Waals surface area contributed by atoms with E-state index >= 15 is 0 Å². The van der Waals surface area contributed by atoms with E-state index in [1.807, 2.05) is 6.19 Å². The summed E-state index contributed by atoms with van der Waals surface area (Å²) >= 11 is 0. The summed E-state index contributed by atoms with van der Waals surface area (Å²) in [6.07, 6.45) is -3.20. The van der Waals surface area contributed by atoms with Crippen LogP contribution >= 0.6 is 0 Å². The summed E-state index contributed by atoms with van der Waals surface area (Å²) in [6, 6.07) is 2.38. The highest BCUT2D eigenvalue weighted by Gasteiger charge is 2.73. The largest absolute Gasteiger partial charge is 0.435 e. The van der Waals surface area contributed by atoms with Gasteiger partial charge in [-0.1, -0.05) is 37.5 Å². The van der Waals surface area contributed by atoms with E-state index in [0.717, 1.165) is 36.3 Å².